The molecule has 0 bridgehead atoms. The number of benzene rings is 1. The molecule has 0 unspecified atom stereocenters. The monoisotopic (exact) mass is 287 g/mol. The first-order chi connectivity index (χ1) is 7.65. The summed E-state index contributed by atoms with van der Waals surface area (Å²) in [5.74, 6) is -0.0585. The van der Waals surface area contributed by atoms with Gasteiger partial charge in [-0.05, 0) is 53.4 Å². The standard InChI is InChI=1S/C11H11BrFNO2/c12-9-6-8(4-5-10(9)13)16-11(15)14-7-2-1-3-7/h4-7H,1-3H2,(H,14,15). The van der Waals surface area contributed by atoms with Gasteiger partial charge in [0.1, 0.15) is 11.6 Å². The Labute approximate surface area is 101 Å². The summed E-state index contributed by atoms with van der Waals surface area (Å²) in [5, 5.41) is 2.73. The second-order valence-corrected chi connectivity index (χ2v) is 4.59. The van der Waals surface area contributed by atoms with E-state index < -0.39 is 6.09 Å². The van der Waals surface area contributed by atoms with E-state index in [2.05, 4.69) is 21.2 Å². The molecule has 2 rings (SSSR count). The van der Waals surface area contributed by atoms with Crippen molar-refractivity contribution < 1.29 is 13.9 Å². The molecule has 0 heterocycles. The van der Waals surface area contributed by atoms with Crippen LogP contribution in [0.15, 0.2) is 22.7 Å². The van der Waals surface area contributed by atoms with Gasteiger partial charge in [-0.1, -0.05) is 0 Å². The van der Waals surface area contributed by atoms with Crippen molar-refractivity contribution in [2.45, 2.75) is 25.3 Å². The minimum absolute atomic E-state index is 0.233. The molecule has 0 radical (unpaired) electrons. The van der Waals surface area contributed by atoms with Crippen LogP contribution in [0.25, 0.3) is 0 Å². The zero-order chi connectivity index (χ0) is 11.5. The minimum atomic E-state index is -0.483. The lowest BCUT2D eigenvalue weighted by Crippen LogP contribution is -2.41. The maximum Gasteiger partial charge on any atom is 0.412 e. The van der Waals surface area contributed by atoms with Crippen molar-refractivity contribution in [1.82, 2.24) is 5.32 Å². The average molecular weight is 288 g/mol. The van der Waals surface area contributed by atoms with Crippen LogP contribution in [0.2, 0.25) is 0 Å². The van der Waals surface area contributed by atoms with Crippen molar-refractivity contribution in [3.8, 4) is 5.75 Å². The van der Waals surface area contributed by atoms with E-state index in [9.17, 15) is 9.18 Å². The van der Waals surface area contributed by atoms with Gasteiger partial charge >= 0.3 is 6.09 Å². The number of halogens is 2. The van der Waals surface area contributed by atoms with Gasteiger partial charge in [0, 0.05) is 6.04 Å². The molecule has 1 aliphatic rings. The van der Waals surface area contributed by atoms with E-state index in [-0.39, 0.29) is 16.3 Å². The zero-order valence-electron chi connectivity index (χ0n) is 8.50. The molecule has 86 valence electrons. The molecule has 0 atom stereocenters. The maximum atomic E-state index is 12.9. The van der Waals surface area contributed by atoms with Crippen LogP contribution in [0.1, 0.15) is 19.3 Å². The molecular formula is C11H11BrFNO2. The molecular weight excluding hydrogens is 277 g/mol. The molecule has 1 fully saturated rings. The molecule has 1 aliphatic carbocycles. The number of nitrogens with one attached hydrogen (secondary N) is 1. The lowest BCUT2D eigenvalue weighted by Gasteiger charge is -2.25. The Morgan fingerprint density at radius 3 is 2.81 bits per heavy atom. The summed E-state index contributed by atoms with van der Waals surface area (Å²) in [6.45, 7) is 0. The lowest BCUT2D eigenvalue weighted by atomic mass is 9.93. The number of carbonyl (C=O) groups is 1. The van der Waals surface area contributed by atoms with Crippen LogP contribution in [-0.2, 0) is 0 Å². The predicted molar refractivity (Wildman–Crippen MR) is 60.9 cm³/mol. The van der Waals surface area contributed by atoms with Crippen molar-refractivity contribution in [3.63, 3.8) is 0 Å². The van der Waals surface area contributed by atoms with Gasteiger partial charge in [0.15, 0.2) is 0 Å². The summed E-state index contributed by atoms with van der Waals surface area (Å²) in [5.41, 5.74) is 0. The van der Waals surface area contributed by atoms with E-state index in [1.165, 1.54) is 18.2 Å². The van der Waals surface area contributed by atoms with E-state index >= 15 is 0 Å². The molecule has 3 nitrogen and oxygen atoms in total. The number of amides is 1. The van der Waals surface area contributed by atoms with Gasteiger partial charge in [-0.2, -0.15) is 0 Å². The summed E-state index contributed by atoms with van der Waals surface area (Å²) >= 11 is 3.02. The minimum Gasteiger partial charge on any atom is -0.410 e. The largest absolute Gasteiger partial charge is 0.412 e. The Bertz CT molecular complexity index is 407. The number of ether oxygens (including phenoxy) is 1. The van der Waals surface area contributed by atoms with Gasteiger partial charge in [-0.15, -0.1) is 0 Å². The molecule has 5 heteroatoms. The molecule has 1 aromatic carbocycles. The number of hydrogen-bond acceptors (Lipinski definition) is 2. The number of carbonyl (C=O) groups excluding carboxylic acids is 1. The summed E-state index contributed by atoms with van der Waals surface area (Å²) < 4.78 is 18.2. The molecule has 0 aromatic heterocycles. The smallest absolute Gasteiger partial charge is 0.410 e. The molecule has 0 saturated heterocycles. The van der Waals surface area contributed by atoms with Crippen molar-refractivity contribution in [3.05, 3.63) is 28.5 Å². The van der Waals surface area contributed by atoms with Gasteiger partial charge in [-0.3, -0.25) is 0 Å². The van der Waals surface area contributed by atoms with Gasteiger partial charge < -0.3 is 10.1 Å². The van der Waals surface area contributed by atoms with Gasteiger partial charge in [-0.25, -0.2) is 9.18 Å². The third kappa shape index (κ3) is 2.72. The van der Waals surface area contributed by atoms with Crippen molar-refractivity contribution in [1.29, 1.82) is 0 Å². The quantitative estimate of drug-likeness (QED) is 0.907. The average Bonchev–Trinajstić information content (AvgIpc) is 2.18. The fraction of sp³-hybridized carbons (Fsp3) is 0.364. The third-order valence-electron chi connectivity index (χ3n) is 2.53. The third-order valence-corrected chi connectivity index (χ3v) is 3.14. The Balaban J connectivity index is 1.92. The van der Waals surface area contributed by atoms with E-state index in [0.717, 1.165) is 19.3 Å². The molecule has 1 saturated carbocycles. The SMILES string of the molecule is O=C(NC1CCC1)Oc1ccc(F)c(Br)c1. The Kier molecular flexibility index (Phi) is 3.43. The highest BCUT2D eigenvalue weighted by molar-refractivity contribution is 9.10. The molecule has 1 aromatic rings. The first-order valence-electron chi connectivity index (χ1n) is 5.08. The van der Waals surface area contributed by atoms with Crippen molar-refractivity contribution in [2.24, 2.45) is 0 Å². The van der Waals surface area contributed by atoms with Gasteiger partial charge in [0.05, 0.1) is 4.47 Å². The first-order valence-corrected chi connectivity index (χ1v) is 5.88. The summed E-state index contributed by atoms with van der Waals surface area (Å²) in [7, 11) is 0. The van der Waals surface area contributed by atoms with Gasteiger partial charge in [0.25, 0.3) is 0 Å². The van der Waals surface area contributed by atoms with Crippen LogP contribution in [-0.4, -0.2) is 12.1 Å². The summed E-state index contributed by atoms with van der Waals surface area (Å²) in [6.07, 6.45) is 2.67. The Morgan fingerprint density at radius 1 is 1.50 bits per heavy atom. The second kappa shape index (κ2) is 4.82. The Hall–Kier alpha value is -1.10. The lowest BCUT2D eigenvalue weighted by molar-refractivity contribution is 0.188. The maximum absolute atomic E-state index is 12.9. The highest BCUT2D eigenvalue weighted by atomic mass is 79.9. The number of hydrogen-bond donors (Lipinski definition) is 1. The fourth-order valence-corrected chi connectivity index (χ4v) is 1.75. The van der Waals surface area contributed by atoms with Crippen LogP contribution >= 0.6 is 15.9 Å². The van der Waals surface area contributed by atoms with Crippen LogP contribution in [0, 0.1) is 5.82 Å². The summed E-state index contributed by atoms with van der Waals surface area (Å²) in [6, 6.07) is 4.32. The summed E-state index contributed by atoms with van der Waals surface area (Å²) in [4.78, 5) is 11.4. The fourth-order valence-electron chi connectivity index (χ4n) is 1.40. The Morgan fingerprint density at radius 2 is 2.25 bits per heavy atom. The molecule has 1 amide bonds. The molecule has 16 heavy (non-hydrogen) atoms. The zero-order valence-corrected chi connectivity index (χ0v) is 10.1. The second-order valence-electron chi connectivity index (χ2n) is 3.74. The van der Waals surface area contributed by atoms with Crippen LogP contribution in [0.4, 0.5) is 9.18 Å². The molecule has 1 N–H and O–H groups in total. The van der Waals surface area contributed by atoms with E-state index in [1.54, 1.807) is 0 Å². The van der Waals surface area contributed by atoms with Gasteiger partial charge in [0.2, 0.25) is 0 Å². The first kappa shape index (κ1) is 11.4. The van der Waals surface area contributed by atoms with E-state index in [0.29, 0.717) is 5.75 Å². The number of rotatable bonds is 2. The normalized spacial score (nSPS) is 15.4. The topological polar surface area (TPSA) is 38.3 Å². The molecule has 0 aliphatic heterocycles. The van der Waals surface area contributed by atoms with Crippen LogP contribution < -0.4 is 10.1 Å². The van der Waals surface area contributed by atoms with Crippen LogP contribution in [0.5, 0.6) is 5.75 Å². The predicted octanol–water partition coefficient (Wildman–Crippen LogP) is 3.23. The van der Waals surface area contributed by atoms with Crippen LogP contribution in [0.3, 0.4) is 0 Å². The van der Waals surface area contributed by atoms with Crippen molar-refractivity contribution >= 4 is 22.0 Å². The highest BCUT2D eigenvalue weighted by Gasteiger charge is 2.20. The molecule has 0 spiro atoms. The van der Waals surface area contributed by atoms with E-state index in [4.69, 9.17) is 4.74 Å². The van der Waals surface area contributed by atoms with E-state index in [1.807, 2.05) is 0 Å². The van der Waals surface area contributed by atoms with Crippen molar-refractivity contribution in [2.75, 3.05) is 0 Å². The highest BCUT2D eigenvalue weighted by Crippen LogP contribution is 2.22.